The van der Waals surface area contributed by atoms with Gasteiger partial charge in [-0.3, -0.25) is 9.36 Å². The van der Waals surface area contributed by atoms with Crippen molar-refractivity contribution >= 4 is 22.7 Å². The van der Waals surface area contributed by atoms with Crippen molar-refractivity contribution in [2.75, 3.05) is 31.1 Å². The van der Waals surface area contributed by atoms with E-state index in [1.165, 1.54) is 15.5 Å². The minimum absolute atomic E-state index is 0.00560. The minimum atomic E-state index is -1.86. The maximum absolute atomic E-state index is 15.1. The molecule has 2 aromatic rings. The highest BCUT2D eigenvalue weighted by molar-refractivity contribution is 5.95. The van der Waals surface area contributed by atoms with Gasteiger partial charge in [0.1, 0.15) is 24.0 Å². The van der Waals surface area contributed by atoms with E-state index in [2.05, 4.69) is 0 Å². The zero-order valence-electron chi connectivity index (χ0n) is 15.5. The maximum Gasteiger partial charge on any atom is 0.404 e. The zero-order chi connectivity index (χ0) is 20.9. The van der Waals surface area contributed by atoms with Crippen molar-refractivity contribution in [1.29, 1.82) is 5.26 Å². The van der Waals surface area contributed by atoms with Gasteiger partial charge in [-0.15, -0.1) is 0 Å². The fourth-order valence-corrected chi connectivity index (χ4v) is 4.08. The van der Waals surface area contributed by atoms with Gasteiger partial charge in [0.25, 0.3) is 5.56 Å². The summed E-state index contributed by atoms with van der Waals surface area (Å²) in [4.78, 5) is 24.7. The van der Waals surface area contributed by atoms with Crippen LogP contribution in [0, 0.1) is 17.1 Å². The minimum Gasteiger partial charge on any atom is -0.487 e. The van der Waals surface area contributed by atoms with Gasteiger partial charge >= 0.3 is 6.09 Å². The second kappa shape index (κ2) is 6.62. The summed E-state index contributed by atoms with van der Waals surface area (Å²) in [6.07, 6.45) is -1.33. The molecule has 2 aliphatic heterocycles. The molecule has 1 unspecified atom stereocenters. The van der Waals surface area contributed by atoms with E-state index in [-0.39, 0.29) is 54.5 Å². The number of hydrogen-bond acceptors (Lipinski definition) is 5. The number of nitrogens with one attached hydrogen (secondary N) is 1. The number of pyridine rings is 1. The predicted molar refractivity (Wildman–Crippen MR) is 99.8 cm³/mol. The number of rotatable bonds is 3. The molecule has 1 amide bonds. The summed E-state index contributed by atoms with van der Waals surface area (Å²) in [5.74, 6) is -0.595. The van der Waals surface area contributed by atoms with E-state index in [1.807, 2.05) is 11.4 Å². The highest BCUT2D eigenvalue weighted by Gasteiger charge is 2.41. The summed E-state index contributed by atoms with van der Waals surface area (Å²) in [7, 11) is 0. The number of benzene rings is 1. The van der Waals surface area contributed by atoms with Gasteiger partial charge in [0, 0.05) is 24.4 Å². The molecule has 0 bridgehead atoms. The zero-order valence-corrected chi connectivity index (χ0v) is 15.5. The van der Waals surface area contributed by atoms with Gasteiger partial charge in [-0.2, -0.15) is 5.26 Å². The van der Waals surface area contributed by atoms with E-state index >= 15 is 4.39 Å². The van der Waals surface area contributed by atoms with Crippen LogP contribution in [0.2, 0.25) is 0 Å². The second-order valence-corrected chi connectivity index (χ2v) is 7.45. The van der Waals surface area contributed by atoms with Crippen LogP contribution in [-0.2, 0) is 0 Å². The van der Waals surface area contributed by atoms with Crippen LogP contribution in [0.5, 0.6) is 5.75 Å². The molecule has 10 heteroatoms. The lowest BCUT2D eigenvalue weighted by molar-refractivity contribution is 0.163. The van der Waals surface area contributed by atoms with Crippen LogP contribution < -0.4 is 20.5 Å². The second-order valence-electron chi connectivity index (χ2n) is 7.45. The van der Waals surface area contributed by atoms with Crippen molar-refractivity contribution < 1.29 is 23.4 Å². The maximum atomic E-state index is 15.1. The molecular formula is C19H18F2N4O4. The van der Waals surface area contributed by atoms with Crippen LogP contribution in [0.4, 0.5) is 19.3 Å². The first kappa shape index (κ1) is 19.0. The number of amides is 1. The normalized spacial score (nSPS) is 23.0. The molecule has 2 atom stereocenters. The predicted octanol–water partition coefficient (Wildman–Crippen LogP) is 2.15. The average Bonchev–Trinajstić information content (AvgIpc) is 3.05. The standard InChI is InChI=1S/C19H18F2N4O4/c1-10-7-29-17-15-12(11(6-22)4-14(26)25(10)15)5-13(20)16(17)24-3-2-19(21,9-24)8-23-18(27)28/h4-5,10,23H,2-3,7-9H2,1H3,(H,27,28)/t10-,19?/m0/s1. The Labute approximate surface area is 163 Å². The van der Waals surface area contributed by atoms with E-state index in [9.17, 15) is 19.2 Å². The number of hydrogen-bond donors (Lipinski definition) is 2. The number of aromatic nitrogens is 1. The Morgan fingerprint density at radius 2 is 2.28 bits per heavy atom. The van der Waals surface area contributed by atoms with E-state index in [1.54, 1.807) is 6.92 Å². The largest absolute Gasteiger partial charge is 0.487 e. The molecule has 1 saturated heterocycles. The number of carbonyl (C=O) groups is 1. The smallest absolute Gasteiger partial charge is 0.404 e. The Balaban J connectivity index is 1.86. The quantitative estimate of drug-likeness (QED) is 0.812. The van der Waals surface area contributed by atoms with Crippen LogP contribution in [0.1, 0.15) is 24.9 Å². The number of anilines is 1. The van der Waals surface area contributed by atoms with E-state index < -0.39 is 29.7 Å². The SMILES string of the molecule is C[C@H]1COc2c(N3CCC(F)(CNC(=O)O)C3)c(F)cc3c(C#N)cc(=O)n1c23. The first-order valence-corrected chi connectivity index (χ1v) is 9.09. The Morgan fingerprint density at radius 1 is 1.52 bits per heavy atom. The highest BCUT2D eigenvalue weighted by atomic mass is 19.1. The molecule has 4 rings (SSSR count). The third kappa shape index (κ3) is 3.03. The van der Waals surface area contributed by atoms with Crippen molar-refractivity contribution in [1.82, 2.24) is 9.88 Å². The molecule has 8 nitrogen and oxygen atoms in total. The van der Waals surface area contributed by atoms with Crippen molar-refractivity contribution in [2.24, 2.45) is 0 Å². The van der Waals surface area contributed by atoms with Crippen LogP contribution in [0.15, 0.2) is 16.9 Å². The summed E-state index contributed by atoms with van der Waals surface area (Å²) < 4.78 is 37.3. The molecule has 0 spiro atoms. The van der Waals surface area contributed by atoms with E-state index in [0.29, 0.717) is 5.52 Å². The molecule has 152 valence electrons. The summed E-state index contributed by atoms with van der Waals surface area (Å²) in [5.41, 5.74) is -1.89. The number of nitriles is 1. The molecule has 1 aromatic carbocycles. The highest BCUT2D eigenvalue weighted by Crippen LogP contribution is 2.44. The first-order chi connectivity index (χ1) is 13.7. The topological polar surface area (TPSA) is 108 Å². The van der Waals surface area contributed by atoms with Crippen LogP contribution in [-0.4, -0.2) is 47.7 Å². The molecule has 29 heavy (non-hydrogen) atoms. The molecule has 0 radical (unpaired) electrons. The molecule has 3 heterocycles. The number of halogens is 2. The third-order valence-electron chi connectivity index (χ3n) is 5.43. The van der Waals surface area contributed by atoms with Crippen LogP contribution in [0.25, 0.3) is 10.9 Å². The van der Waals surface area contributed by atoms with Gasteiger partial charge in [-0.1, -0.05) is 0 Å². The van der Waals surface area contributed by atoms with Gasteiger partial charge < -0.3 is 20.1 Å². The summed E-state index contributed by atoms with van der Waals surface area (Å²) >= 11 is 0. The lowest BCUT2D eigenvalue weighted by Crippen LogP contribution is -2.41. The molecule has 1 aromatic heterocycles. The Hall–Kier alpha value is -3.35. The van der Waals surface area contributed by atoms with Crippen molar-refractivity contribution in [3.8, 4) is 11.8 Å². The molecule has 2 aliphatic rings. The van der Waals surface area contributed by atoms with Crippen LogP contribution in [0.3, 0.4) is 0 Å². The van der Waals surface area contributed by atoms with Crippen molar-refractivity contribution in [3.05, 3.63) is 33.9 Å². The van der Waals surface area contributed by atoms with Crippen LogP contribution >= 0.6 is 0 Å². The van der Waals surface area contributed by atoms with Gasteiger partial charge in [0.15, 0.2) is 11.6 Å². The Bertz CT molecular complexity index is 1130. The fraction of sp³-hybridized carbons (Fsp3) is 0.421. The monoisotopic (exact) mass is 404 g/mol. The fourth-order valence-electron chi connectivity index (χ4n) is 4.08. The van der Waals surface area contributed by atoms with Gasteiger partial charge in [0.05, 0.1) is 30.2 Å². The molecule has 1 fully saturated rings. The average molecular weight is 404 g/mol. The van der Waals surface area contributed by atoms with Gasteiger partial charge in [-0.25, -0.2) is 13.6 Å². The lowest BCUT2D eigenvalue weighted by atomic mass is 10.0. The number of ether oxygens (including phenoxy) is 1. The first-order valence-electron chi connectivity index (χ1n) is 9.09. The molecular weight excluding hydrogens is 386 g/mol. The Morgan fingerprint density at radius 3 is 2.97 bits per heavy atom. The van der Waals surface area contributed by atoms with E-state index in [4.69, 9.17) is 9.84 Å². The number of alkyl halides is 1. The Kier molecular flexibility index (Phi) is 4.33. The van der Waals surface area contributed by atoms with E-state index in [0.717, 1.165) is 6.07 Å². The molecule has 2 N–H and O–H groups in total. The summed E-state index contributed by atoms with van der Waals surface area (Å²) in [5, 5.41) is 20.4. The van der Waals surface area contributed by atoms with Crippen molar-refractivity contribution in [3.63, 3.8) is 0 Å². The lowest BCUT2D eigenvalue weighted by Gasteiger charge is -2.31. The molecule has 0 saturated carbocycles. The third-order valence-corrected chi connectivity index (χ3v) is 5.43. The number of carboxylic acid groups (broad SMARTS) is 1. The summed E-state index contributed by atoms with van der Waals surface area (Å²) in [6, 6.07) is 3.93. The van der Waals surface area contributed by atoms with Gasteiger partial charge in [0.2, 0.25) is 0 Å². The van der Waals surface area contributed by atoms with Crippen molar-refractivity contribution in [2.45, 2.75) is 25.1 Å². The summed E-state index contributed by atoms with van der Waals surface area (Å²) in [6.45, 7) is 1.40. The molecule has 0 aliphatic carbocycles. The number of nitrogens with zero attached hydrogens (tertiary/aromatic N) is 3. The van der Waals surface area contributed by atoms with Gasteiger partial charge in [-0.05, 0) is 13.0 Å².